The van der Waals surface area contributed by atoms with Crippen LogP contribution in [0.25, 0.3) is 0 Å². The average molecular weight is 220 g/mol. The quantitative estimate of drug-likeness (QED) is 0.575. The Morgan fingerprint density at radius 1 is 1.27 bits per heavy atom. The molecule has 0 amide bonds. The molecule has 0 aliphatic heterocycles. The molecule has 0 saturated heterocycles. The van der Waals surface area contributed by atoms with Crippen LogP contribution in [0.4, 0.5) is 0 Å². The molecule has 0 aliphatic rings. The van der Waals surface area contributed by atoms with Crippen molar-refractivity contribution in [1.29, 1.82) is 0 Å². The van der Waals surface area contributed by atoms with E-state index in [2.05, 4.69) is 0 Å². The molecule has 4 nitrogen and oxygen atoms in total. The molecule has 0 aromatic heterocycles. The summed E-state index contributed by atoms with van der Waals surface area (Å²) in [6.07, 6.45) is 1.54. The van der Waals surface area contributed by atoms with Gasteiger partial charge in [-0.2, -0.15) is 0 Å². The average Bonchev–Trinajstić information content (AvgIpc) is 2.22. The van der Waals surface area contributed by atoms with Crippen molar-refractivity contribution in [2.75, 3.05) is 13.2 Å². The Hall–Kier alpha value is -0.160. The summed E-state index contributed by atoms with van der Waals surface area (Å²) in [5, 5.41) is 18.1. The summed E-state index contributed by atoms with van der Waals surface area (Å²) in [7, 11) is 0. The molecule has 0 fully saturated rings. The van der Waals surface area contributed by atoms with Crippen LogP contribution in [0, 0.1) is 0 Å². The van der Waals surface area contributed by atoms with Crippen molar-refractivity contribution in [1.82, 2.24) is 0 Å². The third kappa shape index (κ3) is 7.73. The number of aliphatic hydroxyl groups is 2. The lowest BCUT2D eigenvalue weighted by Gasteiger charge is -2.23. The number of ether oxygens (including phenoxy) is 2. The molecule has 0 aliphatic carbocycles. The summed E-state index contributed by atoms with van der Waals surface area (Å²) in [5.41, 5.74) is 0. The molecule has 3 unspecified atom stereocenters. The summed E-state index contributed by atoms with van der Waals surface area (Å²) >= 11 is 0. The molecule has 15 heavy (non-hydrogen) atoms. The van der Waals surface area contributed by atoms with Crippen LogP contribution in [0.5, 0.6) is 0 Å². The van der Waals surface area contributed by atoms with Crippen molar-refractivity contribution in [2.24, 2.45) is 0 Å². The fourth-order valence-electron chi connectivity index (χ4n) is 1.24. The summed E-state index contributed by atoms with van der Waals surface area (Å²) in [6, 6.07) is 0. The maximum Gasteiger partial charge on any atom is 0.157 e. The highest BCUT2D eigenvalue weighted by molar-refractivity contribution is 4.56. The van der Waals surface area contributed by atoms with Gasteiger partial charge < -0.3 is 19.7 Å². The van der Waals surface area contributed by atoms with Crippen molar-refractivity contribution in [3.63, 3.8) is 0 Å². The van der Waals surface area contributed by atoms with Gasteiger partial charge in [0.15, 0.2) is 6.29 Å². The molecule has 0 heterocycles. The van der Waals surface area contributed by atoms with Gasteiger partial charge in [0.05, 0.1) is 25.4 Å². The van der Waals surface area contributed by atoms with Gasteiger partial charge in [0, 0.05) is 0 Å². The fraction of sp³-hybridized carbons (Fsp3) is 1.00. The molecule has 0 saturated carbocycles. The topological polar surface area (TPSA) is 58.9 Å². The van der Waals surface area contributed by atoms with Crippen LogP contribution in [-0.4, -0.2) is 41.9 Å². The molecule has 0 aromatic carbocycles. The first-order chi connectivity index (χ1) is 7.13. The molecule has 4 heteroatoms. The standard InChI is InChI=1S/C11H24O4/c1-4-6-10(7-12)15-11(5-2)14-8-9(3)13/h9-13H,4-8H2,1-3H3. The maximum atomic E-state index is 9.06. The van der Waals surface area contributed by atoms with Gasteiger partial charge in [-0.25, -0.2) is 0 Å². The van der Waals surface area contributed by atoms with E-state index in [1.54, 1.807) is 6.92 Å². The lowest BCUT2D eigenvalue weighted by Crippen LogP contribution is -2.29. The van der Waals surface area contributed by atoms with Gasteiger partial charge in [-0.3, -0.25) is 0 Å². The Balaban J connectivity index is 3.83. The normalized spacial score (nSPS) is 17.4. The van der Waals surface area contributed by atoms with Gasteiger partial charge in [0.25, 0.3) is 0 Å². The Morgan fingerprint density at radius 2 is 1.93 bits per heavy atom. The highest BCUT2D eigenvalue weighted by Crippen LogP contribution is 2.09. The third-order valence-electron chi connectivity index (χ3n) is 2.02. The van der Waals surface area contributed by atoms with Crippen LogP contribution in [0.2, 0.25) is 0 Å². The van der Waals surface area contributed by atoms with E-state index >= 15 is 0 Å². The highest BCUT2D eigenvalue weighted by atomic mass is 16.7. The molecular weight excluding hydrogens is 196 g/mol. The summed E-state index contributed by atoms with van der Waals surface area (Å²) in [4.78, 5) is 0. The van der Waals surface area contributed by atoms with Crippen molar-refractivity contribution in [3.8, 4) is 0 Å². The van der Waals surface area contributed by atoms with Crippen LogP contribution in [0.3, 0.4) is 0 Å². The maximum absolute atomic E-state index is 9.06. The smallest absolute Gasteiger partial charge is 0.157 e. The second kappa shape index (κ2) is 9.09. The van der Waals surface area contributed by atoms with E-state index in [0.29, 0.717) is 6.42 Å². The first-order valence-corrected chi connectivity index (χ1v) is 5.69. The Morgan fingerprint density at radius 3 is 2.33 bits per heavy atom. The predicted molar refractivity (Wildman–Crippen MR) is 58.6 cm³/mol. The first kappa shape index (κ1) is 14.8. The predicted octanol–water partition coefficient (Wildman–Crippen LogP) is 1.30. The van der Waals surface area contributed by atoms with E-state index in [0.717, 1.165) is 12.8 Å². The largest absolute Gasteiger partial charge is 0.394 e. The second-order valence-electron chi connectivity index (χ2n) is 3.75. The van der Waals surface area contributed by atoms with Gasteiger partial charge in [0.1, 0.15) is 0 Å². The minimum atomic E-state index is -0.485. The zero-order valence-corrected chi connectivity index (χ0v) is 9.98. The molecule has 0 rings (SSSR count). The lowest BCUT2D eigenvalue weighted by molar-refractivity contribution is -0.190. The molecule has 92 valence electrons. The minimum Gasteiger partial charge on any atom is -0.394 e. The Kier molecular flexibility index (Phi) is 9.00. The van der Waals surface area contributed by atoms with Crippen molar-refractivity contribution in [2.45, 2.75) is 58.5 Å². The van der Waals surface area contributed by atoms with Gasteiger partial charge in [0.2, 0.25) is 0 Å². The highest BCUT2D eigenvalue weighted by Gasteiger charge is 2.14. The van der Waals surface area contributed by atoms with Crippen molar-refractivity contribution < 1.29 is 19.7 Å². The molecule has 0 bridgehead atoms. The van der Waals surface area contributed by atoms with Crippen LogP contribution < -0.4 is 0 Å². The Bertz CT molecular complexity index is 139. The van der Waals surface area contributed by atoms with Crippen LogP contribution in [-0.2, 0) is 9.47 Å². The second-order valence-corrected chi connectivity index (χ2v) is 3.75. The molecule has 0 aromatic rings. The van der Waals surface area contributed by atoms with E-state index < -0.39 is 6.10 Å². The summed E-state index contributed by atoms with van der Waals surface area (Å²) in [5.74, 6) is 0. The van der Waals surface area contributed by atoms with Crippen molar-refractivity contribution in [3.05, 3.63) is 0 Å². The SMILES string of the molecule is CCCC(CO)OC(CC)OCC(C)O. The Labute approximate surface area is 92.2 Å². The molecule has 3 atom stereocenters. The number of hydrogen-bond donors (Lipinski definition) is 2. The van der Waals surface area contributed by atoms with E-state index in [4.69, 9.17) is 19.7 Å². The third-order valence-corrected chi connectivity index (χ3v) is 2.02. The molecule has 0 spiro atoms. The van der Waals surface area contributed by atoms with E-state index in [9.17, 15) is 0 Å². The van der Waals surface area contributed by atoms with E-state index in [1.165, 1.54) is 0 Å². The number of hydrogen-bond acceptors (Lipinski definition) is 4. The van der Waals surface area contributed by atoms with E-state index in [-0.39, 0.29) is 25.6 Å². The zero-order valence-electron chi connectivity index (χ0n) is 9.98. The monoisotopic (exact) mass is 220 g/mol. The fourth-order valence-corrected chi connectivity index (χ4v) is 1.24. The van der Waals surface area contributed by atoms with Gasteiger partial charge in [-0.15, -0.1) is 0 Å². The zero-order chi connectivity index (χ0) is 11.7. The summed E-state index contributed by atoms with van der Waals surface area (Å²) < 4.78 is 10.9. The molecule has 0 radical (unpaired) electrons. The molecular formula is C11H24O4. The number of aliphatic hydroxyl groups excluding tert-OH is 2. The van der Waals surface area contributed by atoms with E-state index in [1.807, 2.05) is 13.8 Å². The van der Waals surface area contributed by atoms with Crippen LogP contribution in [0.1, 0.15) is 40.0 Å². The van der Waals surface area contributed by atoms with Gasteiger partial charge in [-0.05, 0) is 19.8 Å². The first-order valence-electron chi connectivity index (χ1n) is 5.69. The van der Waals surface area contributed by atoms with Gasteiger partial charge >= 0.3 is 0 Å². The molecule has 2 N–H and O–H groups in total. The van der Waals surface area contributed by atoms with Crippen LogP contribution in [0.15, 0.2) is 0 Å². The minimum absolute atomic E-state index is 0.0162. The summed E-state index contributed by atoms with van der Waals surface area (Å²) in [6.45, 7) is 5.95. The van der Waals surface area contributed by atoms with Crippen molar-refractivity contribution >= 4 is 0 Å². The number of rotatable bonds is 9. The van der Waals surface area contributed by atoms with Gasteiger partial charge in [-0.1, -0.05) is 20.3 Å². The van der Waals surface area contributed by atoms with Crippen LogP contribution >= 0.6 is 0 Å². The lowest BCUT2D eigenvalue weighted by atomic mass is 10.2.